The average Bonchev–Trinajstić information content (AvgIpc) is 2.23. The summed E-state index contributed by atoms with van der Waals surface area (Å²) in [6.07, 6.45) is 0. The van der Waals surface area contributed by atoms with E-state index in [4.69, 9.17) is 23.2 Å². The molecule has 90 valence electrons. The standard InChI is InChI=1S/C9H10BrCl2NO2S/c1-13(16(14,15)6-10)5-7-2-3-8(11)9(12)4-7/h2-4H,5-6H2,1H3. The van der Waals surface area contributed by atoms with E-state index in [1.165, 1.54) is 11.4 Å². The quantitative estimate of drug-likeness (QED) is 0.785. The summed E-state index contributed by atoms with van der Waals surface area (Å²) in [6, 6.07) is 5.05. The third-order valence-electron chi connectivity index (χ3n) is 2.00. The van der Waals surface area contributed by atoms with E-state index in [1.54, 1.807) is 18.2 Å². The van der Waals surface area contributed by atoms with Crippen molar-refractivity contribution in [2.75, 3.05) is 11.7 Å². The highest BCUT2D eigenvalue weighted by Gasteiger charge is 2.16. The number of hydrogen-bond acceptors (Lipinski definition) is 2. The topological polar surface area (TPSA) is 37.4 Å². The molecule has 0 unspecified atom stereocenters. The van der Waals surface area contributed by atoms with Crippen LogP contribution in [0.3, 0.4) is 0 Å². The maximum absolute atomic E-state index is 11.5. The molecule has 0 aromatic heterocycles. The Morgan fingerprint density at radius 2 is 1.94 bits per heavy atom. The van der Waals surface area contributed by atoms with E-state index in [0.29, 0.717) is 10.0 Å². The predicted octanol–water partition coefficient (Wildman–Crippen LogP) is 3.11. The Bertz CT molecular complexity index is 478. The smallest absolute Gasteiger partial charge is 0.211 e. The Morgan fingerprint density at radius 1 is 1.31 bits per heavy atom. The molecule has 7 heteroatoms. The molecule has 0 heterocycles. The number of rotatable bonds is 4. The minimum absolute atomic E-state index is 0.0994. The van der Waals surface area contributed by atoms with Gasteiger partial charge in [-0.25, -0.2) is 8.42 Å². The molecule has 0 saturated carbocycles. The molecule has 0 N–H and O–H groups in total. The second-order valence-corrected chi connectivity index (χ2v) is 7.42. The fourth-order valence-corrected chi connectivity index (χ4v) is 2.96. The molecule has 0 spiro atoms. The molecule has 0 atom stereocenters. The number of benzene rings is 1. The van der Waals surface area contributed by atoms with Crippen molar-refractivity contribution in [1.29, 1.82) is 0 Å². The zero-order chi connectivity index (χ0) is 12.3. The fourth-order valence-electron chi connectivity index (χ4n) is 1.08. The molecule has 0 fully saturated rings. The van der Waals surface area contributed by atoms with E-state index in [2.05, 4.69) is 15.9 Å². The molecule has 1 aromatic carbocycles. The maximum atomic E-state index is 11.5. The average molecular weight is 347 g/mol. The van der Waals surface area contributed by atoms with E-state index < -0.39 is 10.0 Å². The summed E-state index contributed by atoms with van der Waals surface area (Å²) in [5, 5.41) is 0.875. The SMILES string of the molecule is CN(Cc1ccc(Cl)c(Cl)c1)S(=O)(=O)CBr. The molecule has 16 heavy (non-hydrogen) atoms. The van der Waals surface area contributed by atoms with Crippen molar-refractivity contribution in [3.63, 3.8) is 0 Å². The van der Waals surface area contributed by atoms with Crippen LogP contribution in [0.1, 0.15) is 5.56 Å². The van der Waals surface area contributed by atoms with E-state index in [1.807, 2.05) is 0 Å². The third kappa shape index (κ3) is 3.60. The normalized spacial score (nSPS) is 12.1. The van der Waals surface area contributed by atoms with Gasteiger partial charge in [-0.3, -0.25) is 0 Å². The Balaban J connectivity index is 2.86. The van der Waals surface area contributed by atoms with Crippen LogP contribution in [-0.2, 0) is 16.6 Å². The van der Waals surface area contributed by atoms with E-state index >= 15 is 0 Å². The second-order valence-electron chi connectivity index (χ2n) is 3.23. The van der Waals surface area contributed by atoms with Crippen molar-refractivity contribution in [3.8, 4) is 0 Å². The van der Waals surface area contributed by atoms with Gasteiger partial charge in [-0.1, -0.05) is 45.2 Å². The van der Waals surface area contributed by atoms with Crippen LogP contribution >= 0.6 is 39.1 Å². The van der Waals surface area contributed by atoms with Gasteiger partial charge < -0.3 is 0 Å². The molecule has 3 nitrogen and oxygen atoms in total. The van der Waals surface area contributed by atoms with Gasteiger partial charge in [-0.15, -0.1) is 0 Å². The first-order valence-electron chi connectivity index (χ1n) is 4.30. The molecule has 0 aliphatic rings. The zero-order valence-corrected chi connectivity index (χ0v) is 12.4. The highest BCUT2D eigenvalue weighted by molar-refractivity contribution is 9.10. The molecule has 0 amide bonds. The number of sulfonamides is 1. The van der Waals surface area contributed by atoms with Crippen LogP contribution in [0.25, 0.3) is 0 Å². The zero-order valence-electron chi connectivity index (χ0n) is 8.45. The third-order valence-corrected chi connectivity index (χ3v) is 5.83. The molecule has 0 saturated heterocycles. The first-order valence-corrected chi connectivity index (χ1v) is 7.79. The largest absolute Gasteiger partial charge is 0.224 e. The molecule has 1 aromatic rings. The predicted molar refractivity (Wildman–Crippen MR) is 70.6 cm³/mol. The van der Waals surface area contributed by atoms with Gasteiger partial charge in [0.05, 0.1) is 10.0 Å². The molecular formula is C9H10BrCl2NO2S. The number of alkyl halides is 1. The van der Waals surface area contributed by atoms with Crippen LogP contribution in [0.2, 0.25) is 10.0 Å². The van der Waals surface area contributed by atoms with Crippen LogP contribution in [0.4, 0.5) is 0 Å². The van der Waals surface area contributed by atoms with Gasteiger partial charge >= 0.3 is 0 Å². The van der Waals surface area contributed by atoms with Crippen LogP contribution in [-0.4, -0.2) is 24.4 Å². The van der Waals surface area contributed by atoms with Gasteiger partial charge in [0.2, 0.25) is 10.0 Å². The highest BCUT2D eigenvalue weighted by Crippen LogP contribution is 2.23. The van der Waals surface area contributed by atoms with Crippen LogP contribution in [0, 0.1) is 0 Å². The van der Waals surface area contributed by atoms with Crippen LogP contribution < -0.4 is 0 Å². The van der Waals surface area contributed by atoms with Gasteiger partial charge in [0, 0.05) is 13.6 Å². The van der Waals surface area contributed by atoms with Crippen molar-refractivity contribution >= 4 is 49.2 Å². The van der Waals surface area contributed by atoms with Crippen LogP contribution in [0.15, 0.2) is 18.2 Å². The lowest BCUT2D eigenvalue weighted by molar-refractivity contribution is 0.471. The highest BCUT2D eigenvalue weighted by atomic mass is 79.9. The van der Waals surface area contributed by atoms with Crippen molar-refractivity contribution in [1.82, 2.24) is 4.31 Å². The lowest BCUT2D eigenvalue weighted by Crippen LogP contribution is -2.26. The molecule has 0 radical (unpaired) electrons. The van der Waals surface area contributed by atoms with E-state index in [-0.39, 0.29) is 11.2 Å². The van der Waals surface area contributed by atoms with Gasteiger partial charge in [-0.05, 0) is 17.7 Å². The van der Waals surface area contributed by atoms with Crippen molar-refractivity contribution < 1.29 is 8.42 Å². The van der Waals surface area contributed by atoms with Crippen LogP contribution in [0.5, 0.6) is 0 Å². The van der Waals surface area contributed by atoms with Gasteiger partial charge in [-0.2, -0.15) is 4.31 Å². The Hall–Kier alpha value is 0.190. The lowest BCUT2D eigenvalue weighted by atomic mass is 10.2. The summed E-state index contributed by atoms with van der Waals surface area (Å²) in [5.74, 6) is 0. The molecule has 0 aliphatic carbocycles. The minimum atomic E-state index is -3.25. The summed E-state index contributed by atoms with van der Waals surface area (Å²) in [4.78, 5) is 0. The number of hydrogen-bond donors (Lipinski definition) is 0. The summed E-state index contributed by atoms with van der Waals surface area (Å²) in [7, 11) is -1.73. The van der Waals surface area contributed by atoms with Crippen molar-refractivity contribution in [2.45, 2.75) is 6.54 Å². The second kappa shape index (κ2) is 5.69. The monoisotopic (exact) mass is 345 g/mol. The first kappa shape index (κ1) is 14.3. The molecule has 0 aliphatic heterocycles. The van der Waals surface area contributed by atoms with E-state index in [0.717, 1.165) is 5.56 Å². The fraction of sp³-hybridized carbons (Fsp3) is 0.333. The molecular weight excluding hydrogens is 337 g/mol. The minimum Gasteiger partial charge on any atom is -0.211 e. The summed E-state index contributed by atoms with van der Waals surface area (Å²) >= 11 is 14.5. The van der Waals surface area contributed by atoms with Gasteiger partial charge in [0.25, 0.3) is 0 Å². The van der Waals surface area contributed by atoms with Crippen molar-refractivity contribution in [3.05, 3.63) is 33.8 Å². The Kier molecular flexibility index (Phi) is 5.07. The summed E-state index contributed by atoms with van der Waals surface area (Å²) < 4.78 is 24.1. The number of nitrogens with zero attached hydrogens (tertiary/aromatic N) is 1. The lowest BCUT2D eigenvalue weighted by Gasteiger charge is -2.15. The van der Waals surface area contributed by atoms with E-state index in [9.17, 15) is 8.42 Å². The Morgan fingerprint density at radius 3 is 2.44 bits per heavy atom. The summed E-state index contributed by atoms with van der Waals surface area (Å²) in [6.45, 7) is 0.269. The summed E-state index contributed by atoms with van der Waals surface area (Å²) in [5.41, 5.74) is 0.793. The van der Waals surface area contributed by atoms with Gasteiger partial charge in [0.15, 0.2) is 0 Å². The molecule has 0 bridgehead atoms. The maximum Gasteiger partial charge on any atom is 0.224 e. The Labute approximate surface area is 114 Å². The van der Waals surface area contributed by atoms with Gasteiger partial charge in [0.1, 0.15) is 4.66 Å². The number of halogens is 3. The molecule has 1 rings (SSSR count). The first-order chi connectivity index (χ1) is 7.36. The van der Waals surface area contributed by atoms with Crippen molar-refractivity contribution in [2.24, 2.45) is 0 Å².